The Bertz CT molecular complexity index is 110. The molecule has 1 atom stereocenters. The Balaban J connectivity index is 0. The van der Waals surface area contributed by atoms with Gasteiger partial charge in [-0.2, -0.15) is 0 Å². The third-order valence-corrected chi connectivity index (χ3v) is 1.27. The third-order valence-electron chi connectivity index (χ3n) is 1.27. The fourth-order valence-corrected chi connectivity index (χ4v) is 1.11. The second-order valence-electron chi connectivity index (χ2n) is 3.23. The second kappa shape index (κ2) is 8.57. The molecule has 0 bridgehead atoms. The summed E-state index contributed by atoms with van der Waals surface area (Å²) in [7, 11) is 0. The van der Waals surface area contributed by atoms with Crippen LogP contribution in [0.3, 0.4) is 0 Å². The normalized spacial score (nSPS) is 11.6. The average molecular weight is 173 g/mol. The smallest absolute Gasteiger partial charge is 0.217 e. The van der Waals surface area contributed by atoms with E-state index in [1.807, 2.05) is 20.8 Å². The minimum atomic E-state index is 0.0631. The highest BCUT2D eigenvalue weighted by Crippen LogP contribution is 2.02. The Morgan fingerprint density at radius 3 is 1.92 bits per heavy atom. The van der Waals surface area contributed by atoms with Crippen LogP contribution in [0, 0.1) is 5.92 Å². The van der Waals surface area contributed by atoms with E-state index in [4.69, 9.17) is 0 Å². The van der Waals surface area contributed by atoms with Crippen LogP contribution >= 0.6 is 0 Å². The van der Waals surface area contributed by atoms with Crippen molar-refractivity contribution in [2.45, 2.75) is 54.0 Å². The first kappa shape index (κ1) is 14.0. The van der Waals surface area contributed by atoms with Gasteiger partial charge in [-0.1, -0.05) is 27.7 Å². The van der Waals surface area contributed by atoms with E-state index in [1.54, 1.807) is 6.92 Å². The fourth-order valence-electron chi connectivity index (χ4n) is 1.11. The van der Waals surface area contributed by atoms with E-state index in [2.05, 4.69) is 19.2 Å². The topological polar surface area (TPSA) is 29.1 Å². The molecule has 0 rings (SSSR count). The SMILES string of the molecule is CC.CC(=O)NC(C)CC(C)C. The molecule has 0 heterocycles. The van der Waals surface area contributed by atoms with E-state index in [1.165, 1.54) is 0 Å². The van der Waals surface area contributed by atoms with Crippen LogP contribution in [0.5, 0.6) is 0 Å². The van der Waals surface area contributed by atoms with Crippen molar-refractivity contribution in [2.75, 3.05) is 0 Å². The summed E-state index contributed by atoms with van der Waals surface area (Å²) in [4.78, 5) is 10.5. The van der Waals surface area contributed by atoms with Gasteiger partial charge in [0.05, 0.1) is 0 Å². The summed E-state index contributed by atoms with van der Waals surface area (Å²) >= 11 is 0. The highest BCUT2D eigenvalue weighted by Gasteiger charge is 2.04. The van der Waals surface area contributed by atoms with Crippen molar-refractivity contribution in [2.24, 2.45) is 5.92 Å². The van der Waals surface area contributed by atoms with E-state index in [0.29, 0.717) is 12.0 Å². The summed E-state index contributed by atoms with van der Waals surface area (Å²) in [6.07, 6.45) is 1.06. The first-order chi connectivity index (χ1) is 5.52. The molecule has 0 aliphatic carbocycles. The highest BCUT2D eigenvalue weighted by molar-refractivity contribution is 5.73. The molecule has 0 saturated heterocycles. The molecule has 74 valence electrons. The van der Waals surface area contributed by atoms with Crippen LogP contribution < -0.4 is 5.32 Å². The molecule has 0 radical (unpaired) electrons. The van der Waals surface area contributed by atoms with Gasteiger partial charge in [-0.25, -0.2) is 0 Å². The van der Waals surface area contributed by atoms with Gasteiger partial charge >= 0.3 is 0 Å². The van der Waals surface area contributed by atoms with E-state index >= 15 is 0 Å². The number of carbonyl (C=O) groups is 1. The fraction of sp³-hybridized carbons (Fsp3) is 0.900. The van der Waals surface area contributed by atoms with Gasteiger partial charge in [-0.3, -0.25) is 4.79 Å². The summed E-state index contributed by atoms with van der Waals surface area (Å²) < 4.78 is 0. The Morgan fingerprint density at radius 2 is 1.67 bits per heavy atom. The standard InChI is InChI=1S/C8H17NO.C2H6/c1-6(2)5-7(3)9-8(4)10;1-2/h6-7H,5H2,1-4H3,(H,9,10);1-2H3. The van der Waals surface area contributed by atoms with Crippen LogP contribution in [0.25, 0.3) is 0 Å². The van der Waals surface area contributed by atoms with Crippen molar-refractivity contribution >= 4 is 5.91 Å². The van der Waals surface area contributed by atoms with Gasteiger partial charge in [0.15, 0.2) is 0 Å². The molecular weight excluding hydrogens is 150 g/mol. The third kappa shape index (κ3) is 12.2. The van der Waals surface area contributed by atoms with Crippen LogP contribution in [-0.4, -0.2) is 11.9 Å². The van der Waals surface area contributed by atoms with Gasteiger partial charge in [0.1, 0.15) is 0 Å². The van der Waals surface area contributed by atoms with Crippen molar-refractivity contribution in [1.82, 2.24) is 5.32 Å². The molecule has 0 aromatic carbocycles. The van der Waals surface area contributed by atoms with Crippen molar-refractivity contribution < 1.29 is 4.79 Å². The summed E-state index contributed by atoms with van der Waals surface area (Å²) in [6, 6.07) is 0.317. The second-order valence-corrected chi connectivity index (χ2v) is 3.23. The van der Waals surface area contributed by atoms with Gasteiger partial charge in [0, 0.05) is 13.0 Å². The quantitative estimate of drug-likeness (QED) is 0.698. The molecule has 1 amide bonds. The molecule has 0 fully saturated rings. The predicted molar refractivity (Wildman–Crippen MR) is 54.1 cm³/mol. The van der Waals surface area contributed by atoms with Crippen molar-refractivity contribution in [1.29, 1.82) is 0 Å². The van der Waals surface area contributed by atoms with Crippen LogP contribution in [0.4, 0.5) is 0 Å². The lowest BCUT2D eigenvalue weighted by Crippen LogP contribution is -2.31. The average Bonchev–Trinajstić information content (AvgIpc) is 1.87. The van der Waals surface area contributed by atoms with Gasteiger partial charge in [0.2, 0.25) is 5.91 Å². The molecule has 0 aliphatic rings. The predicted octanol–water partition coefficient (Wildman–Crippen LogP) is 2.58. The lowest BCUT2D eigenvalue weighted by Gasteiger charge is -2.13. The zero-order valence-electron chi connectivity index (χ0n) is 9.27. The maximum Gasteiger partial charge on any atom is 0.217 e. The number of nitrogens with one attached hydrogen (secondary N) is 1. The number of hydrogen-bond acceptors (Lipinski definition) is 1. The Morgan fingerprint density at radius 1 is 1.25 bits per heavy atom. The Hall–Kier alpha value is -0.530. The number of carbonyl (C=O) groups excluding carboxylic acids is 1. The first-order valence-corrected chi connectivity index (χ1v) is 4.79. The van der Waals surface area contributed by atoms with E-state index in [0.717, 1.165) is 6.42 Å². The van der Waals surface area contributed by atoms with Gasteiger partial charge < -0.3 is 5.32 Å². The number of hydrogen-bond donors (Lipinski definition) is 1. The largest absolute Gasteiger partial charge is 0.354 e. The van der Waals surface area contributed by atoms with E-state index in [-0.39, 0.29) is 5.91 Å². The molecular formula is C10H23NO. The highest BCUT2D eigenvalue weighted by atomic mass is 16.1. The zero-order valence-corrected chi connectivity index (χ0v) is 9.27. The van der Waals surface area contributed by atoms with E-state index < -0.39 is 0 Å². The maximum atomic E-state index is 10.5. The molecule has 0 spiro atoms. The van der Waals surface area contributed by atoms with Crippen molar-refractivity contribution in [3.63, 3.8) is 0 Å². The maximum absolute atomic E-state index is 10.5. The zero-order chi connectivity index (χ0) is 10.1. The molecule has 1 N–H and O–H groups in total. The summed E-state index contributed by atoms with van der Waals surface area (Å²) in [5.41, 5.74) is 0. The number of amides is 1. The van der Waals surface area contributed by atoms with Crippen molar-refractivity contribution in [3.05, 3.63) is 0 Å². The van der Waals surface area contributed by atoms with Crippen LogP contribution in [0.15, 0.2) is 0 Å². The lowest BCUT2D eigenvalue weighted by molar-refractivity contribution is -0.119. The molecule has 0 saturated carbocycles. The minimum absolute atomic E-state index is 0.0631. The van der Waals surface area contributed by atoms with Crippen LogP contribution in [0.2, 0.25) is 0 Å². The van der Waals surface area contributed by atoms with Crippen LogP contribution in [0.1, 0.15) is 48.0 Å². The molecule has 2 nitrogen and oxygen atoms in total. The summed E-state index contributed by atoms with van der Waals surface area (Å²) in [6.45, 7) is 11.9. The van der Waals surface area contributed by atoms with Gasteiger partial charge in [-0.15, -0.1) is 0 Å². The summed E-state index contributed by atoms with van der Waals surface area (Å²) in [5, 5.41) is 2.84. The molecule has 0 aromatic rings. The monoisotopic (exact) mass is 173 g/mol. The van der Waals surface area contributed by atoms with Crippen LogP contribution in [-0.2, 0) is 4.79 Å². The molecule has 12 heavy (non-hydrogen) atoms. The van der Waals surface area contributed by atoms with E-state index in [9.17, 15) is 4.79 Å². The molecule has 1 unspecified atom stereocenters. The molecule has 0 aromatic heterocycles. The molecule has 2 heteroatoms. The van der Waals surface area contributed by atoms with Gasteiger partial charge in [-0.05, 0) is 19.3 Å². The van der Waals surface area contributed by atoms with Gasteiger partial charge in [0.25, 0.3) is 0 Å². The Labute approximate surface area is 76.7 Å². The Kier molecular flexibility index (Phi) is 10.0. The minimum Gasteiger partial charge on any atom is -0.354 e. The summed E-state index contributed by atoms with van der Waals surface area (Å²) in [5.74, 6) is 0.718. The lowest BCUT2D eigenvalue weighted by atomic mass is 10.1. The first-order valence-electron chi connectivity index (χ1n) is 4.79. The number of rotatable bonds is 3. The molecule has 0 aliphatic heterocycles. The van der Waals surface area contributed by atoms with Crippen molar-refractivity contribution in [3.8, 4) is 0 Å².